The van der Waals surface area contributed by atoms with Gasteiger partial charge in [0, 0.05) is 0 Å². The maximum Gasteiger partial charge on any atom is 0.184 e. The summed E-state index contributed by atoms with van der Waals surface area (Å²) in [5, 5.41) is 9.54. The summed E-state index contributed by atoms with van der Waals surface area (Å²) in [5.74, 6) is -0.614. The Morgan fingerprint density at radius 1 is 1.00 bits per heavy atom. The molecule has 0 aliphatic carbocycles. The molecule has 0 aromatic carbocycles. The summed E-state index contributed by atoms with van der Waals surface area (Å²) in [6, 6.07) is 0. The lowest BCUT2D eigenvalue weighted by Crippen LogP contribution is -2.37. The third-order valence-corrected chi connectivity index (χ3v) is 2.52. The van der Waals surface area contributed by atoms with E-state index in [0.29, 0.717) is 0 Å². The van der Waals surface area contributed by atoms with Crippen molar-refractivity contribution in [3.05, 3.63) is 0 Å². The summed E-state index contributed by atoms with van der Waals surface area (Å²) in [6.07, 6.45) is -1.41. The van der Waals surface area contributed by atoms with Crippen LogP contribution in [0, 0.1) is 0 Å². The lowest BCUT2D eigenvalue weighted by molar-refractivity contribution is -0.236. The minimum atomic E-state index is -0.873. The van der Waals surface area contributed by atoms with Crippen LogP contribution in [0.25, 0.3) is 0 Å². The standard InChI is InChI=1S/C9H16O4/c1-8(2)6-5(7(10)13-8)11-9(3,4)12-6/h5-7,10H,1-4H3/t5-,6+,7?/m0/s1. The summed E-state index contributed by atoms with van der Waals surface area (Å²) in [6.45, 7) is 7.47. The first-order chi connectivity index (χ1) is 5.82. The lowest BCUT2D eigenvalue weighted by atomic mass is 10.0. The Morgan fingerprint density at radius 3 is 2.15 bits per heavy atom. The molecule has 2 aliphatic heterocycles. The Bertz CT molecular complexity index is 224. The molecule has 0 amide bonds. The van der Waals surface area contributed by atoms with Crippen LogP contribution in [0.4, 0.5) is 0 Å². The van der Waals surface area contributed by atoms with E-state index in [9.17, 15) is 5.11 Å². The van der Waals surface area contributed by atoms with Crippen molar-refractivity contribution in [2.24, 2.45) is 0 Å². The van der Waals surface area contributed by atoms with Crippen molar-refractivity contribution >= 4 is 0 Å². The second-order valence-electron chi connectivity index (χ2n) is 4.63. The van der Waals surface area contributed by atoms with Crippen molar-refractivity contribution < 1.29 is 19.3 Å². The molecule has 3 atom stereocenters. The molecule has 0 bridgehead atoms. The van der Waals surface area contributed by atoms with Gasteiger partial charge in [0.05, 0.1) is 5.60 Å². The van der Waals surface area contributed by atoms with Crippen LogP contribution in [0.3, 0.4) is 0 Å². The molecular formula is C9H16O4. The van der Waals surface area contributed by atoms with E-state index in [1.54, 1.807) is 0 Å². The van der Waals surface area contributed by atoms with Gasteiger partial charge in [-0.2, -0.15) is 0 Å². The van der Waals surface area contributed by atoms with Gasteiger partial charge in [-0.25, -0.2) is 0 Å². The van der Waals surface area contributed by atoms with Crippen molar-refractivity contribution in [1.29, 1.82) is 0 Å². The summed E-state index contributed by atoms with van der Waals surface area (Å²) >= 11 is 0. The van der Waals surface area contributed by atoms with Gasteiger partial charge in [-0.3, -0.25) is 0 Å². The fourth-order valence-electron chi connectivity index (χ4n) is 1.98. The SMILES string of the molecule is CC1(C)O[C@@H]2C(O)OC(C)(C)[C@@H]2O1. The van der Waals surface area contributed by atoms with E-state index in [2.05, 4.69) is 0 Å². The molecule has 1 unspecified atom stereocenters. The molecule has 0 radical (unpaired) electrons. The van der Waals surface area contributed by atoms with Gasteiger partial charge in [0.2, 0.25) is 0 Å². The van der Waals surface area contributed by atoms with Crippen LogP contribution in [-0.4, -0.2) is 35.0 Å². The van der Waals surface area contributed by atoms with Crippen molar-refractivity contribution in [3.63, 3.8) is 0 Å². The number of aliphatic hydroxyl groups is 1. The molecule has 0 aromatic rings. The van der Waals surface area contributed by atoms with Crippen molar-refractivity contribution in [1.82, 2.24) is 0 Å². The smallest absolute Gasteiger partial charge is 0.184 e. The average molecular weight is 188 g/mol. The quantitative estimate of drug-likeness (QED) is 0.606. The molecule has 2 aliphatic rings. The van der Waals surface area contributed by atoms with E-state index in [1.807, 2.05) is 27.7 Å². The zero-order valence-electron chi connectivity index (χ0n) is 8.40. The summed E-state index contributed by atoms with van der Waals surface area (Å²) < 4.78 is 16.5. The Hall–Kier alpha value is -0.160. The van der Waals surface area contributed by atoms with Gasteiger partial charge >= 0.3 is 0 Å². The second kappa shape index (κ2) is 2.45. The molecule has 0 aromatic heterocycles. The van der Waals surface area contributed by atoms with E-state index in [1.165, 1.54) is 0 Å². The van der Waals surface area contributed by atoms with E-state index in [-0.39, 0.29) is 12.2 Å². The van der Waals surface area contributed by atoms with Crippen molar-refractivity contribution in [3.8, 4) is 0 Å². The van der Waals surface area contributed by atoms with Crippen LogP contribution in [0.5, 0.6) is 0 Å². The van der Waals surface area contributed by atoms with E-state index in [4.69, 9.17) is 14.2 Å². The topological polar surface area (TPSA) is 47.9 Å². The van der Waals surface area contributed by atoms with Gasteiger partial charge in [-0.1, -0.05) is 0 Å². The van der Waals surface area contributed by atoms with Crippen molar-refractivity contribution in [2.75, 3.05) is 0 Å². The molecule has 2 heterocycles. The van der Waals surface area contributed by atoms with E-state index in [0.717, 1.165) is 0 Å². The van der Waals surface area contributed by atoms with Crippen molar-refractivity contribution in [2.45, 2.75) is 57.6 Å². The number of fused-ring (bicyclic) bond motifs is 1. The molecule has 2 saturated heterocycles. The van der Waals surface area contributed by atoms with Gasteiger partial charge in [-0.15, -0.1) is 0 Å². The number of rotatable bonds is 0. The molecule has 4 nitrogen and oxygen atoms in total. The number of hydrogen-bond donors (Lipinski definition) is 1. The molecule has 4 heteroatoms. The first-order valence-corrected chi connectivity index (χ1v) is 4.53. The first kappa shape index (κ1) is 9.40. The Labute approximate surface area is 77.8 Å². The lowest BCUT2D eigenvalue weighted by Gasteiger charge is -2.26. The van der Waals surface area contributed by atoms with Crippen LogP contribution < -0.4 is 0 Å². The van der Waals surface area contributed by atoms with Crippen LogP contribution in [0.2, 0.25) is 0 Å². The highest BCUT2D eigenvalue weighted by Crippen LogP contribution is 2.42. The number of hydrogen-bond acceptors (Lipinski definition) is 4. The number of aliphatic hydroxyl groups excluding tert-OH is 1. The fraction of sp³-hybridized carbons (Fsp3) is 1.00. The molecule has 0 saturated carbocycles. The minimum Gasteiger partial charge on any atom is -0.366 e. The largest absolute Gasteiger partial charge is 0.366 e. The maximum atomic E-state index is 9.54. The molecule has 2 rings (SSSR count). The number of ether oxygens (including phenoxy) is 3. The van der Waals surface area contributed by atoms with Gasteiger partial charge in [-0.05, 0) is 27.7 Å². The highest BCUT2D eigenvalue weighted by atomic mass is 16.8. The molecule has 0 spiro atoms. The highest BCUT2D eigenvalue weighted by Gasteiger charge is 2.58. The summed E-state index contributed by atoms with van der Waals surface area (Å²) in [5.41, 5.74) is -0.474. The highest BCUT2D eigenvalue weighted by molar-refractivity contribution is 4.99. The molecule has 1 N–H and O–H groups in total. The minimum absolute atomic E-state index is 0.183. The molecule has 13 heavy (non-hydrogen) atoms. The van der Waals surface area contributed by atoms with E-state index < -0.39 is 17.7 Å². The normalized spacial score (nSPS) is 46.4. The zero-order chi connectivity index (χ0) is 9.85. The molecule has 76 valence electrons. The third kappa shape index (κ3) is 1.38. The third-order valence-electron chi connectivity index (χ3n) is 2.52. The predicted molar refractivity (Wildman–Crippen MR) is 45.0 cm³/mol. The maximum absolute atomic E-state index is 9.54. The van der Waals surface area contributed by atoms with Gasteiger partial charge in [0.1, 0.15) is 12.2 Å². The zero-order valence-corrected chi connectivity index (χ0v) is 8.40. The average Bonchev–Trinajstić information content (AvgIpc) is 2.32. The monoisotopic (exact) mass is 188 g/mol. The summed E-state index contributed by atoms with van der Waals surface area (Å²) in [4.78, 5) is 0. The molecular weight excluding hydrogens is 172 g/mol. The predicted octanol–water partition coefficient (Wildman–Crippen LogP) is 0.634. The van der Waals surface area contributed by atoms with Gasteiger partial charge in [0.15, 0.2) is 12.1 Å². The van der Waals surface area contributed by atoms with Crippen LogP contribution in [0.1, 0.15) is 27.7 Å². The Kier molecular flexibility index (Phi) is 1.77. The summed E-state index contributed by atoms with van der Waals surface area (Å²) in [7, 11) is 0. The first-order valence-electron chi connectivity index (χ1n) is 4.53. The van der Waals surface area contributed by atoms with Gasteiger partial charge in [0.25, 0.3) is 0 Å². The van der Waals surface area contributed by atoms with Crippen LogP contribution >= 0.6 is 0 Å². The van der Waals surface area contributed by atoms with Crippen LogP contribution in [-0.2, 0) is 14.2 Å². The fourth-order valence-corrected chi connectivity index (χ4v) is 1.98. The van der Waals surface area contributed by atoms with E-state index >= 15 is 0 Å². The molecule has 2 fully saturated rings. The Morgan fingerprint density at radius 2 is 1.62 bits per heavy atom. The Balaban J connectivity index is 2.23. The van der Waals surface area contributed by atoms with Crippen LogP contribution in [0.15, 0.2) is 0 Å². The second-order valence-corrected chi connectivity index (χ2v) is 4.63. The van der Waals surface area contributed by atoms with Gasteiger partial charge < -0.3 is 19.3 Å².